The minimum Gasteiger partial charge on any atom is -0.487 e. The third-order valence-corrected chi connectivity index (χ3v) is 3.40. The molecule has 1 aromatic heterocycles. The van der Waals surface area contributed by atoms with Gasteiger partial charge in [0, 0.05) is 6.54 Å². The van der Waals surface area contributed by atoms with E-state index in [0.29, 0.717) is 29.9 Å². The number of ether oxygens (including phenoxy) is 1. The van der Waals surface area contributed by atoms with E-state index in [9.17, 15) is 0 Å². The van der Waals surface area contributed by atoms with Crippen molar-refractivity contribution in [2.24, 2.45) is 0 Å². The van der Waals surface area contributed by atoms with Crippen LogP contribution in [-0.4, -0.2) is 15.2 Å². The minimum atomic E-state index is 0.496. The van der Waals surface area contributed by atoms with Crippen LogP contribution < -0.4 is 10.1 Å². The Morgan fingerprint density at radius 3 is 2.68 bits per heavy atom. The molecule has 0 radical (unpaired) electrons. The van der Waals surface area contributed by atoms with E-state index in [1.54, 1.807) is 0 Å². The number of hydrogen-bond acceptors (Lipinski definition) is 4. The molecule has 5 nitrogen and oxygen atoms in total. The van der Waals surface area contributed by atoms with Gasteiger partial charge in [0.05, 0.1) is 5.02 Å². The van der Waals surface area contributed by atoms with Gasteiger partial charge >= 0.3 is 0 Å². The lowest BCUT2D eigenvalue weighted by Crippen LogP contribution is -2.01. The lowest BCUT2D eigenvalue weighted by molar-refractivity contribution is 0.306. The smallest absolute Gasteiger partial charge is 0.218 e. The number of anilines is 1. The number of nitrogens with zero attached hydrogens (tertiary/aromatic N) is 2. The van der Waals surface area contributed by atoms with Gasteiger partial charge in [-0.05, 0) is 23.3 Å². The standard InChI is InChI=1S/C16H15ClN4O/c17-14-8-13(9-18-16-19-11-20-21-16)6-7-15(14)22-10-12-4-2-1-3-5-12/h1-8,11H,9-10H2,(H2,18,19,20,21). The summed E-state index contributed by atoms with van der Waals surface area (Å²) in [6.07, 6.45) is 1.45. The number of hydrogen-bond donors (Lipinski definition) is 2. The van der Waals surface area contributed by atoms with Gasteiger partial charge in [-0.1, -0.05) is 48.0 Å². The Hall–Kier alpha value is -2.53. The summed E-state index contributed by atoms with van der Waals surface area (Å²) in [4.78, 5) is 4.00. The van der Waals surface area contributed by atoms with Crippen LogP contribution in [0, 0.1) is 0 Å². The molecule has 3 rings (SSSR count). The third-order valence-electron chi connectivity index (χ3n) is 3.11. The fraction of sp³-hybridized carbons (Fsp3) is 0.125. The molecule has 0 saturated carbocycles. The number of nitrogens with one attached hydrogen (secondary N) is 2. The van der Waals surface area contributed by atoms with Crippen molar-refractivity contribution in [1.29, 1.82) is 0 Å². The van der Waals surface area contributed by atoms with Crippen LogP contribution in [0.2, 0.25) is 5.02 Å². The summed E-state index contributed by atoms with van der Waals surface area (Å²) in [6, 6.07) is 15.7. The first-order valence-electron chi connectivity index (χ1n) is 6.85. The van der Waals surface area contributed by atoms with Gasteiger partial charge in [0.15, 0.2) is 0 Å². The van der Waals surface area contributed by atoms with Gasteiger partial charge in [0.25, 0.3) is 0 Å². The number of rotatable bonds is 6. The van der Waals surface area contributed by atoms with Gasteiger partial charge in [-0.15, -0.1) is 0 Å². The average molecular weight is 315 g/mol. The lowest BCUT2D eigenvalue weighted by Gasteiger charge is -2.10. The predicted octanol–water partition coefficient (Wildman–Crippen LogP) is 3.65. The van der Waals surface area contributed by atoms with Crippen molar-refractivity contribution in [3.05, 3.63) is 71.0 Å². The average Bonchev–Trinajstić information content (AvgIpc) is 3.06. The molecule has 2 N–H and O–H groups in total. The first-order chi connectivity index (χ1) is 10.8. The van der Waals surface area contributed by atoms with E-state index in [-0.39, 0.29) is 0 Å². The second kappa shape index (κ2) is 6.95. The van der Waals surface area contributed by atoms with Crippen LogP contribution in [0.5, 0.6) is 5.75 Å². The second-order valence-corrected chi connectivity index (χ2v) is 5.13. The molecule has 0 aliphatic rings. The molecule has 0 atom stereocenters. The molecule has 6 heteroatoms. The van der Waals surface area contributed by atoms with Crippen LogP contribution in [0.3, 0.4) is 0 Å². The van der Waals surface area contributed by atoms with E-state index in [4.69, 9.17) is 16.3 Å². The van der Waals surface area contributed by atoms with E-state index < -0.39 is 0 Å². The highest BCUT2D eigenvalue weighted by Gasteiger charge is 2.04. The first-order valence-corrected chi connectivity index (χ1v) is 7.23. The summed E-state index contributed by atoms with van der Waals surface area (Å²) >= 11 is 6.27. The normalized spacial score (nSPS) is 10.4. The van der Waals surface area contributed by atoms with Gasteiger partial charge in [0.1, 0.15) is 18.7 Å². The van der Waals surface area contributed by atoms with Crippen molar-refractivity contribution in [1.82, 2.24) is 15.2 Å². The van der Waals surface area contributed by atoms with E-state index in [1.165, 1.54) is 6.33 Å². The van der Waals surface area contributed by atoms with Gasteiger partial charge < -0.3 is 10.1 Å². The Labute approximate surface area is 133 Å². The molecule has 0 amide bonds. The molecular formula is C16H15ClN4O. The number of aromatic nitrogens is 3. The van der Waals surface area contributed by atoms with Crippen LogP contribution >= 0.6 is 11.6 Å². The highest BCUT2D eigenvalue weighted by Crippen LogP contribution is 2.26. The second-order valence-electron chi connectivity index (χ2n) is 4.73. The Morgan fingerprint density at radius 2 is 1.95 bits per heavy atom. The van der Waals surface area contributed by atoms with Crippen molar-refractivity contribution >= 4 is 17.5 Å². The molecular weight excluding hydrogens is 300 g/mol. The molecule has 0 unspecified atom stereocenters. The van der Waals surface area contributed by atoms with Crippen molar-refractivity contribution in [3.8, 4) is 5.75 Å². The summed E-state index contributed by atoms with van der Waals surface area (Å²) < 4.78 is 5.75. The van der Waals surface area contributed by atoms with Crippen molar-refractivity contribution in [3.63, 3.8) is 0 Å². The number of aromatic amines is 1. The molecule has 0 aliphatic carbocycles. The maximum Gasteiger partial charge on any atom is 0.218 e. The van der Waals surface area contributed by atoms with Crippen LogP contribution in [0.1, 0.15) is 11.1 Å². The largest absolute Gasteiger partial charge is 0.487 e. The maximum absolute atomic E-state index is 6.27. The molecule has 112 valence electrons. The summed E-state index contributed by atoms with van der Waals surface area (Å²) in [5.41, 5.74) is 2.14. The van der Waals surface area contributed by atoms with Crippen LogP contribution in [0.25, 0.3) is 0 Å². The molecule has 2 aromatic carbocycles. The van der Waals surface area contributed by atoms with Gasteiger partial charge in [-0.25, -0.2) is 10.1 Å². The predicted molar refractivity (Wildman–Crippen MR) is 85.9 cm³/mol. The highest BCUT2D eigenvalue weighted by molar-refractivity contribution is 6.32. The zero-order chi connectivity index (χ0) is 15.2. The first kappa shape index (κ1) is 14.4. The minimum absolute atomic E-state index is 0.496. The topological polar surface area (TPSA) is 62.8 Å². The van der Waals surface area contributed by atoms with Crippen molar-refractivity contribution in [2.75, 3.05) is 5.32 Å². The van der Waals surface area contributed by atoms with E-state index in [1.807, 2.05) is 48.5 Å². The van der Waals surface area contributed by atoms with E-state index in [2.05, 4.69) is 20.5 Å². The summed E-state index contributed by atoms with van der Waals surface area (Å²) in [5.74, 6) is 1.30. The molecule has 0 spiro atoms. The molecule has 3 aromatic rings. The number of H-pyrrole nitrogens is 1. The zero-order valence-electron chi connectivity index (χ0n) is 11.8. The fourth-order valence-electron chi connectivity index (χ4n) is 1.98. The van der Waals surface area contributed by atoms with Crippen molar-refractivity contribution in [2.45, 2.75) is 13.2 Å². The van der Waals surface area contributed by atoms with Gasteiger partial charge in [-0.2, -0.15) is 5.10 Å². The van der Waals surface area contributed by atoms with Gasteiger partial charge in [-0.3, -0.25) is 0 Å². The summed E-state index contributed by atoms with van der Waals surface area (Å²) in [5, 5.41) is 10.2. The quantitative estimate of drug-likeness (QED) is 0.729. The van der Waals surface area contributed by atoms with Crippen molar-refractivity contribution < 1.29 is 4.74 Å². The fourth-order valence-corrected chi connectivity index (χ4v) is 2.24. The Morgan fingerprint density at radius 1 is 1.09 bits per heavy atom. The molecule has 0 aliphatic heterocycles. The number of benzene rings is 2. The van der Waals surface area contributed by atoms with Crippen LogP contribution in [-0.2, 0) is 13.2 Å². The van der Waals surface area contributed by atoms with Crippen LogP contribution in [0.4, 0.5) is 5.95 Å². The van der Waals surface area contributed by atoms with Gasteiger partial charge in [0.2, 0.25) is 5.95 Å². The zero-order valence-corrected chi connectivity index (χ0v) is 12.5. The molecule has 0 saturated heterocycles. The monoisotopic (exact) mass is 314 g/mol. The third kappa shape index (κ3) is 3.77. The SMILES string of the molecule is Clc1cc(CNc2ncn[nH]2)ccc1OCc1ccccc1. The molecule has 0 bridgehead atoms. The van der Waals surface area contributed by atoms with Crippen LogP contribution in [0.15, 0.2) is 54.9 Å². The molecule has 1 heterocycles. The highest BCUT2D eigenvalue weighted by atomic mass is 35.5. The Balaban J connectivity index is 1.59. The Bertz CT molecular complexity index is 716. The summed E-state index contributed by atoms with van der Waals surface area (Å²) in [6.45, 7) is 1.10. The number of halogens is 1. The molecule has 22 heavy (non-hydrogen) atoms. The Kier molecular flexibility index (Phi) is 4.56. The maximum atomic E-state index is 6.27. The lowest BCUT2D eigenvalue weighted by atomic mass is 10.2. The molecule has 0 fully saturated rings. The summed E-state index contributed by atoms with van der Waals surface area (Å²) in [7, 11) is 0. The van der Waals surface area contributed by atoms with E-state index >= 15 is 0 Å². The van der Waals surface area contributed by atoms with E-state index in [0.717, 1.165) is 11.1 Å².